The van der Waals surface area contributed by atoms with E-state index in [1.54, 1.807) is 17.9 Å². The predicted molar refractivity (Wildman–Crippen MR) is 93.1 cm³/mol. The molecule has 1 heterocycles. The molecule has 3 rings (SSSR count). The first-order valence-electron chi connectivity index (χ1n) is 8.94. The third-order valence-electron chi connectivity index (χ3n) is 5.21. The van der Waals surface area contributed by atoms with Crippen LogP contribution in [0, 0.1) is 18.7 Å². The van der Waals surface area contributed by atoms with Gasteiger partial charge < -0.3 is 4.90 Å². The molecule has 0 unspecified atom stereocenters. The van der Waals surface area contributed by atoms with Crippen LogP contribution in [-0.2, 0) is 14.8 Å². The Labute approximate surface area is 148 Å². The highest BCUT2D eigenvalue weighted by molar-refractivity contribution is 7.89. The fraction of sp³-hybridized carbons (Fsp3) is 0.611. The van der Waals surface area contributed by atoms with Crippen molar-refractivity contribution in [3.05, 3.63) is 29.6 Å². The van der Waals surface area contributed by atoms with Gasteiger partial charge in [-0.05, 0) is 37.5 Å². The average Bonchev–Trinajstić information content (AvgIpc) is 2.64. The quantitative estimate of drug-likeness (QED) is 0.824. The van der Waals surface area contributed by atoms with E-state index in [0.29, 0.717) is 18.7 Å². The lowest BCUT2D eigenvalue weighted by molar-refractivity contribution is -0.137. The van der Waals surface area contributed by atoms with E-state index in [-0.39, 0.29) is 29.8 Å². The smallest absolute Gasteiger partial charge is 0.246 e. The molecule has 2 aliphatic rings. The Balaban J connectivity index is 1.67. The van der Waals surface area contributed by atoms with Crippen LogP contribution in [0.3, 0.4) is 0 Å². The highest BCUT2D eigenvalue weighted by Crippen LogP contribution is 2.27. The summed E-state index contributed by atoms with van der Waals surface area (Å²) in [5, 5.41) is 0. The molecule has 1 amide bonds. The third-order valence-corrected chi connectivity index (χ3v) is 7.12. The van der Waals surface area contributed by atoms with Crippen molar-refractivity contribution in [2.24, 2.45) is 5.92 Å². The van der Waals surface area contributed by atoms with Crippen molar-refractivity contribution in [3.63, 3.8) is 0 Å². The Morgan fingerprint density at radius 2 is 1.72 bits per heavy atom. The average molecular weight is 368 g/mol. The van der Waals surface area contributed by atoms with Crippen LogP contribution < -0.4 is 0 Å². The maximum atomic E-state index is 14.0. The summed E-state index contributed by atoms with van der Waals surface area (Å²) in [6.07, 6.45) is 5.25. The number of carbonyl (C=O) groups excluding carboxylic acids is 1. The van der Waals surface area contributed by atoms with Crippen molar-refractivity contribution in [2.45, 2.75) is 43.9 Å². The first-order chi connectivity index (χ1) is 11.9. The Morgan fingerprint density at radius 1 is 1.08 bits per heavy atom. The number of benzene rings is 1. The Bertz CT molecular complexity index is 737. The number of piperazine rings is 1. The molecule has 0 aromatic heterocycles. The zero-order chi connectivity index (χ0) is 18.0. The van der Waals surface area contributed by atoms with Gasteiger partial charge in [-0.3, -0.25) is 4.79 Å². The molecule has 0 N–H and O–H groups in total. The number of sulfonamides is 1. The molecule has 1 aliphatic carbocycles. The zero-order valence-electron chi connectivity index (χ0n) is 14.6. The van der Waals surface area contributed by atoms with E-state index in [2.05, 4.69) is 0 Å². The van der Waals surface area contributed by atoms with Gasteiger partial charge >= 0.3 is 0 Å². The number of hydrogen-bond acceptors (Lipinski definition) is 3. The number of amides is 1. The number of halogens is 1. The largest absolute Gasteiger partial charge is 0.340 e. The fourth-order valence-corrected chi connectivity index (χ4v) is 5.28. The van der Waals surface area contributed by atoms with E-state index in [1.807, 2.05) is 0 Å². The summed E-state index contributed by atoms with van der Waals surface area (Å²) in [7, 11) is -3.87. The van der Waals surface area contributed by atoms with Gasteiger partial charge in [0.1, 0.15) is 10.7 Å². The van der Waals surface area contributed by atoms with Crippen LogP contribution in [0.5, 0.6) is 0 Å². The van der Waals surface area contributed by atoms with Crippen LogP contribution in [0.25, 0.3) is 0 Å². The van der Waals surface area contributed by atoms with Crippen LogP contribution in [0.15, 0.2) is 23.1 Å². The molecule has 1 saturated heterocycles. The Morgan fingerprint density at radius 3 is 2.36 bits per heavy atom. The van der Waals surface area contributed by atoms with E-state index in [1.165, 1.54) is 22.9 Å². The molecule has 138 valence electrons. The molecule has 7 heteroatoms. The van der Waals surface area contributed by atoms with Gasteiger partial charge in [0.15, 0.2) is 0 Å². The van der Waals surface area contributed by atoms with Crippen LogP contribution in [0.1, 0.15) is 37.7 Å². The van der Waals surface area contributed by atoms with E-state index in [0.717, 1.165) is 25.7 Å². The summed E-state index contributed by atoms with van der Waals surface area (Å²) in [4.78, 5) is 14.1. The summed E-state index contributed by atoms with van der Waals surface area (Å²) in [6, 6.07) is 4.10. The minimum Gasteiger partial charge on any atom is -0.340 e. The topological polar surface area (TPSA) is 57.7 Å². The molecular weight excluding hydrogens is 343 g/mol. The molecule has 5 nitrogen and oxygen atoms in total. The van der Waals surface area contributed by atoms with Crippen LogP contribution >= 0.6 is 0 Å². The van der Waals surface area contributed by atoms with Gasteiger partial charge in [-0.15, -0.1) is 0 Å². The van der Waals surface area contributed by atoms with E-state index in [4.69, 9.17) is 0 Å². The highest BCUT2D eigenvalue weighted by Gasteiger charge is 2.34. The second kappa shape index (κ2) is 7.41. The Kier molecular flexibility index (Phi) is 5.43. The van der Waals surface area contributed by atoms with Gasteiger partial charge in [0, 0.05) is 32.1 Å². The fourth-order valence-electron chi connectivity index (χ4n) is 3.70. The SMILES string of the molecule is Cc1ccc(F)c(S(=O)(=O)N2CCN(C(=O)C3CCCCC3)CC2)c1. The summed E-state index contributed by atoms with van der Waals surface area (Å²) in [5.41, 5.74) is 0.700. The van der Waals surface area contributed by atoms with E-state index >= 15 is 0 Å². The number of aryl methyl sites for hydroxylation is 1. The molecule has 0 atom stereocenters. The summed E-state index contributed by atoms with van der Waals surface area (Å²) >= 11 is 0. The zero-order valence-corrected chi connectivity index (χ0v) is 15.4. The summed E-state index contributed by atoms with van der Waals surface area (Å²) in [5.74, 6) is -0.490. The first-order valence-corrected chi connectivity index (χ1v) is 10.4. The molecule has 25 heavy (non-hydrogen) atoms. The van der Waals surface area contributed by atoms with Crippen molar-refractivity contribution < 1.29 is 17.6 Å². The number of hydrogen-bond donors (Lipinski definition) is 0. The molecule has 2 fully saturated rings. The van der Waals surface area contributed by atoms with Gasteiger partial charge in [0.2, 0.25) is 15.9 Å². The monoisotopic (exact) mass is 368 g/mol. The third kappa shape index (κ3) is 3.87. The van der Waals surface area contributed by atoms with E-state index in [9.17, 15) is 17.6 Å². The van der Waals surface area contributed by atoms with Crippen LogP contribution in [0.4, 0.5) is 4.39 Å². The van der Waals surface area contributed by atoms with Gasteiger partial charge in [-0.25, -0.2) is 12.8 Å². The van der Waals surface area contributed by atoms with Crippen molar-refractivity contribution in [2.75, 3.05) is 26.2 Å². The Hall–Kier alpha value is -1.47. The van der Waals surface area contributed by atoms with Gasteiger partial charge in [0.05, 0.1) is 0 Å². The van der Waals surface area contributed by atoms with Gasteiger partial charge in [-0.1, -0.05) is 25.3 Å². The normalized spacial score (nSPS) is 20.6. The minimum atomic E-state index is -3.87. The summed E-state index contributed by atoms with van der Waals surface area (Å²) in [6.45, 7) is 2.92. The van der Waals surface area contributed by atoms with Crippen LogP contribution in [0.2, 0.25) is 0 Å². The van der Waals surface area contributed by atoms with Crippen molar-refractivity contribution in [1.82, 2.24) is 9.21 Å². The second-order valence-corrected chi connectivity index (χ2v) is 8.90. The molecule has 1 aliphatic heterocycles. The lowest BCUT2D eigenvalue weighted by Gasteiger charge is -2.36. The number of nitrogens with zero attached hydrogens (tertiary/aromatic N) is 2. The molecule has 0 bridgehead atoms. The van der Waals surface area contributed by atoms with Crippen molar-refractivity contribution in [1.29, 1.82) is 0 Å². The molecule has 1 saturated carbocycles. The second-order valence-electron chi connectivity index (χ2n) is 7.00. The highest BCUT2D eigenvalue weighted by atomic mass is 32.2. The minimum absolute atomic E-state index is 0.0890. The summed E-state index contributed by atoms with van der Waals surface area (Å²) < 4.78 is 40.7. The number of rotatable bonds is 3. The first kappa shape index (κ1) is 18.3. The lowest BCUT2D eigenvalue weighted by atomic mass is 9.88. The molecule has 0 spiro atoms. The van der Waals surface area contributed by atoms with Crippen molar-refractivity contribution in [3.8, 4) is 0 Å². The predicted octanol–water partition coefficient (Wildman–Crippen LogP) is 2.55. The lowest BCUT2D eigenvalue weighted by Crippen LogP contribution is -2.52. The van der Waals surface area contributed by atoms with Crippen molar-refractivity contribution >= 4 is 15.9 Å². The number of carbonyl (C=O) groups is 1. The van der Waals surface area contributed by atoms with Crippen LogP contribution in [-0.4, -0.2) is 49.7 Å². The van der Waals surface area contributed by atoms with Gasteiger partial charge in [-0.2, -0.15) is 4.31 Å². The molecular formula is C18H25FN2O3S. The maximum Gasteiger partial charge on any atom is 0.246 e. The maximum absolute atomic E-state index is 14.0. The van der Waals surface area contributed by atoms with E-state index < -0.39 is 15.8 Å². The molecule has 1 aromatic carbocycles. The standard InChI is InChI=1S/C18H25FN2O3S/c1-14-7-8-16(19)17(13-14)25(23,24)21-11-9-20(10-12-21)18(22)15-5-3-2-4-6-15/h7-8,13,15H,2-6,9-12H2,1H3. The molecule has 0 radical (unpaired) electrons. The van der Waals surface area contributed by atoms with Gasteiger partial charge in [0.25, 0.3) is 0 Å². The molecule has 1 aromatic rings.